The Labute approximate surface area is 163 Å². The number of benzene rings is 1. The molecule has 1 aromatic carbocycles. The van der Waals surface area contributed by atoms with Crippen LogP contribution in [0.25, 0.3) is 0 Å². The average Bonchev–Trinajstić information content (AvgIpc) is 3.20. The number of aromatic nitrogens is 3. The molecule has 4 rings (SSSR count). The van der Waals surface area contributed by atoms with Crippen LogP contribution in [0.1, 0.15) is 46.3 Å². The molecule has 3 aromatic rings. The fraction of sp³-hybridized carbons (Fsp3) is 0.238. The van der Waals surface area contributed by atoms with Gasteiger partial charge in [-0.25, -0.2) is 4.98 Å². The highest BCUT2D eigenvalue weighted by Gasteiger charge is 2.32. The molecular weight excluding hydrogens is 360 g/mol. The SMILES string of the molecule is O=C(c1cnccn1)N1CCC[C@@H]1c1cccc(Cc2ccc(Cl)cc2)n1. The molecule has 1 aliphatic rings. The summed E-state index contributed by atoms with van der Waals surface area (Å²) < 4.78 is 0. The molecule has 0 N–H and O–H groups in total. The molecule has 1 saturated heterocycles. The lowest BCUT2D eigenvalue weighted by Crippen LogP contribution is -2.31. The number of halogens is 1. The van der Waals surface area contributed by atoms with Crippen LogP contribution in [0.15, 0.2) is 61.1 Å². The second-order valence-corrected chi connectivity index (χ2v) is 7.04. The van der Waals surface area contributed by atoms with E-state index in [-0.39, 0.29) is 11.9 Å². The van der Waals surface area contributed by atoms with E-state index >= 15 is 0 Å². The Morgan fingerprint density at radius 2 is 2.00 bits per heavy atom. The molecule has 0 saturated carbocycles. The highest BCUT2D eigenvalue weighted by molar-refractivity contribution is 6.30. The Morgan fingerprint density at radius 1 is 1.15 bits per heavy atom. The second-order valence-electron chi connectivity index (χ2n) is 6.60. The molecule has 2 aromatic heterocycles. The summed E-state index contributed by atoms with van der Waals surface area (Å²) in [7, 11) is 0. The van der Waals surface area contributed by atoms with Crippen LogP contribution in [0, 0.1) is 0 Å². The molecule has 3 heterocycles. The van der Waals surface area contributed by atoms with Crippen molar-refractivity contribution in [2.45, 2.75) is 25.3 Å². The van der Waals surface area contributed by atoms with E-state index < -0.39 is 0 Å². The zero-order valence-corrected chi connectivity index (χ0v) is 15.5. The maximum Gasteiger partial charge on any atom is 0.274 e. The van der Waals surface area contributed by atoms with Gasteiger partial charge < -0.3 is 4.90 Å². The molecule has 0 aliphatic carbocycles. The first-order chi connectivity index (χ1) is 13.2. The highest BCUT2D eigenvalue weighted by Crippen LogP contribution is 2.32. The van der Waals surface area contributed by atoms with E-state index in [2.05, 4.69) is 9.97 Å². The summed E-state index contributed by atoms with van der Waals surface area (Å²) in [5.41, 5.74) is 3.44. The van der Waals surface area contributed by atoms with E-state index in [9.17, 15) is 4.79 Å². The minimum absolute atomic E-state index is 0.0235. The van der Waals surface area contributed by atoms with E-state index in [4.69, 9.17) is 16.6 Å². The summed E-state index contributed by atoms with van der Waals surface area (Å²) >= 11 is 5.96. The van der Waals surface area contributed by atoms with Gasteiger partial charge in [0.05, 0.1) is 17.9 Å². The quantitative estimate of drug-likeness (QED) is 0.686. The van der Waals surface area contributed by atoms with Crippen LogP contribution in [-0.4, -0.2) is 32.3 Å². The van der Waals surface area contributed by atoms with Crippen molar-refractivity contribution in [1.29, 1.82) is 0 Å². The summed E-state index contributed by atoms with van der Waals surface area (Å²) in [6.45, 7) is 0.711. The third kappa shape index (κ3) is 3.98. The molecule has 0 radical (unpaired) electrons. The normalized spacial score (nSPS) is 16.5. The van der Waals surface area contributed by atoms with Gasteiger partial charge in [-0.2, -0.15) is 0 Å². The van der Waals surface area contributed by atoms with Gasteiger partial charge >= 0.3 is 0 Å². The molecule has 6 heteroatoms. The summed E-state index contributed by atoms with van der Waals surface area (Å²) in [4.78, 5) is 27.7. The van der Waals surface area contributed by atoms with Crippen molar-refractivity contribution in [3.8, 4) is 0 Å². The van der Waals surface area contributed by atoms with Gasteiger partial charge in [-0.15, -0.1) is 0 Å². The molecule has 1 fully saturated rings. The summed E-state index contributed by atoms with van der Waals surface area (Å²) in [6.07, 6.45) is 7.23. The van der Waals surface area contributed by atoms with E-state index in [0.717, 1.165) is 41.2 Å². The van der Waals surface area contributed by atoms with Gasteiger partial charge in [0.1, 0.15) is 5.69 Å². The maximum absolute atomic E-state index is 12.8. The Bertz CT molecular complexity index is 930. The molecule has 0 spiro atoms. The van der Waals surface area contributed by atoms with Gasteiger partial charge in [0.25, 0.3) is 5.91 Å². The summed E-state index contributed by atoms with van der Waals surface area (Å²) in [6, 6.07) is 13.8. The Morgan fingerprint density at radius 3 is 2.78 bits per heavy atom. The lowest BCUT2D eigenvalue weighted by atomic mass is 10.1. The molecule has 1 amide bonds. The van der Waals surface area contributed by atoms with Crippen molar-refractivity contribution >= 4 is 17.5 Å². The van der Waals surface area contributed by atoms with Crippen molar-refractivity contribution in [1.82, 2.24) is 19.9 Å². The van der Waals surface area contributed by atoms with Gasteiger partial charge in [0.2, 0.25) is 0 Å². The second kappa shape index (κ2) is 7.84. The van der Waals surface area contributed by atoms with Crippen LogP contribution < -0.4 is 0 Å². The third-order valence-electron chi connectivity index (χ3n) is 4.76. The first kappa shape index (κ1) is 17.6. The van der Waals surface area contributed by atoms with Crippen molar-refractivity contribution in [2.24, 2.45) is 0 Å². The number of pyridine rings is 1. The first-order valence-electron chi connectivity index (χ1n) is 8.98. The minimum atomic E-state index is -0.0875. The summed E-state index contributed by atoms with van der Waals surface area (Å²) in [5, 5.41) is 0.726. The van der Waals surface area contributed by atoms with Crippen LogP contribution in [0.4, 0.5) is 0 Å². The number of hydrogen-bond donors (Lipinski definition) is 0. The Kier molecular flexibility index (Phi) is 5.12. The predicted molar refractivity (Wildman–Crippen MR) is 104 cm³/mol. The fourth-order valence-corrected chi connectivity index (χ4v) is 3.59. The van der Waals surface area contributed by atoms with Crippen molar-refractivity contribution < 1.29 is 4.79 Å². The molecule has 5 nitrogen and oxygen atoms in total. The predicted octanol–water partition coefficient (Wildman–Crippen LogP) is 4.09. The molecule has 0 unspecified atom stereocenters. The number of carbonyl (C=O) groups is 1. The first-order valence-corrected chi connectivity index (χ1v) is 9.36. The van der Waals surface area contributed by atoms with Crippen LogP contribution in [-0.2, 0) is 6.42 Å². The van der Waals surface area contributed by atoms with E-state index in [0.29, 0.717) is 12.2 Å². The van der Waals surface area contributed by atoms with E-state index in [1.54, 1.807) is 12.4 Å². The van der Waals surface area contributed by atoms with Crippen molar-refractivity contribution in [3.05, 3.63) is 88.7 Å². The van der Waals surface area contributed by atoms with Crippen LogP contribution in [0.5, 0.6) is 0 Å². The zero-order valence-electron chi connectivity index (χ0n) is 14.8. The van der Waals surface area contributed by atoms with E-state index in [1.165, 1.54) is 6.20 Å². The van der Waals surface area contributed by atoms with Gasteiger partial charge in [0, 0.05) is 36.1 Å². The number of rotatable bonds is 4. The van der Waals surface area contributed by atoms with Gasteiger partial charge in [-0.05, 0) is 42.7 Å². The van der Waals surface area contributed by atoms with E-state index in [1.807, 2.05) is 47.4 Å². The van der Waals surface area contributed by atoms with Crippen molar-refractivity contribution in [2.75, 3.05) is 6.54 Å². The smallest absolute Gasteiger partial charge is 0.274 e. The number of nitrogens with zero attached hydrogens (tertiary/aromatic N) is 4. The summed E-state index contributed by atoms with van der Waals surface area (Å²) in [5.74, 6) is -0.0875. The lowest BCUT2D eigenvalue weighted by molar-refractivity contribution is 0.0726. The number of likely N-dealkylation sites (tertiary alicyclic amines) is 1. The third-order valence-corrected chi connectivity index (χ3v) is 5.02. The van der Waals surface area contributed by atoms with Gasteiger partial charge in [-0.1, -0.05) is 29.8 Å². The topological polar surface area (TPSA) is 59.0 Å². The molecule has 1 atom stereocenters. The standard InChI is InChI=1S/C21H19ClN4O/c22-16-8-6-15(7-9-16)13-17-3-1-4-18(25-17)20-5-2-12-26(20)21(27)19-14-23-10-11-24-19/h1,3-4,6-11,14,20H,2,5,12-13H2/t20-/m1/s1. The van der Waals surface area contributed by atoms with Crippen molar-refractivity contribution in [3.63, 3.8) is 0 Å². The maximum atomic E-state index is 12.8. The zero-order chi connectivity index (χ0) is 18.6. The Hall–Kier alpha value is -2.79. The largest absolute Gasteiger partial charge is 0.329 e. The Balaban J connectivity index is 1.55. The molecule has 136 valence electrons. The molecule has 1 aliphatic heterocycles. The minimum Gasteiger partial charge on any atom is -0.329 e. The van der Waals surface area contributed by atoms with Crippen LogP contribution in [0.3, 0.4) is 0 Å². The van der Waals surface area contributed by atoms with Crippen LogP contribution in [0.2, 0.25) is 5.02 Å². The van der Waals surface area contributed by atoms with Gasteiger partial charge in [-0.3, -0.25) is 14.8 Å². The molecule has 0 bridgehead atoms. The molecular formula is C21H19ClN4O. The van der Waals surface area contributed by atoms with Gasteiger partial charge in [0.15, 0.2) is 0 Å². The lowest BCUT2D eigenvalue weighted by Gasteiger charge is -2.24. The molecule has 27 heavy (non-hydrogen) atoms. The average molecular weight is 379 g/mol. The fourth-order valence-electron chi connectivity index (χ4n) is 3.47. The van der Waals surface area contributed by atoms with Crippen LogP contribution >= 0.6 is 11.6 Å². The highest BCUT2D eigenvalue weighted by atomic mass is 35.5. The number of amides is 1. The monoisotopic (exact) mass is 378 g/mol. The number of carbonyl (C=O) groups excluding carboxylic acids is 1. The number of hydrogen-bond acceptors (Lipinski definition) is 4.